The average molecular weight is 244 g/mol. The minimum Gasteiger partial charge on any atom is -0.354 e. The average Bonchev–Trinajstić information content (AvgIpc) is 2.27. The van der Waals surface area contributed by atoms with Gasteiger partial charge in [0.25, 0.3) is 0 Å². The van der Waals surface area contributed by atoms with E-state index in [-0.39, 0.29) is 24.9 Å². The van der Waals surface area contributed by atoms with Crippen LogP contribution >= 0.6 is 0 Å². The lowest BCUT2D eigenvalue weighted by atomic mass is 10.4. The summed E-state index contributed by atoms with van der Waals surface area (Å²) in [6, 6.07) is 0. The van der Waals surface area contributed by atoms with Gasteiger partial charge in [0.1, 0.15) is 0 Å². The molecular formula is C11H24N4O2. The Balaban J connectivity index is 3.95. The Bertz CT molecular complexity index is 242. The second-order valence-electron chi connectivity index (χ2n) is 3.88. The normalized spacial score (nSPS) is 10.4. The topological polar surface area (TPSA) is 78.7 Å². The largest absolute Gasteiger partial charge is 0.354 e. The molecule has 0 spiro atoms. The number of carbonyl (C=O) groups is 2. The van der Waals surface area contributed by atoms with Gasteiger partial charge < -0.3 is 16.0 Å². The minimum atomic E-state index is -0.106. The number of nitrogens with zero attached hydrogens (tertiary/aromatic N) is 2. The Kier molecular flexibility index (Phi) is 8.35. The number of rotatable bonds is 8. The van der Waals surface area contributed by atoms with Gasteiger partial charge in [-0.3, -0.25) is 14.5 Å². The first kappa shape index (κ1) is 15.9. The zero-order valence-electron chi connectivity index (χ0n) is 11.0. The quantitative estimate of drug-likeness (QED) is 0.566. The molecule has 0 aliphatic carbocycles. The van der Waals surface area contributed by atoms with Crippen LogP contribution in [-0.2, 0) is 9.59 Å². The number of hydrogen-bond donors (Lipinski definition) is 2. The van der Waals surface area contributed by atoms with Crippen molar-refractivity contribution < 1.29 is 9.59 Å². The fourth-order valence-corrected chi connectivity index (χ4v) is 1.48. The van der Waals surface area contributed by atoms with Crippen LogP contribution in [0.2, 0.25) is 0 Å². The highest BCUT2D eigenvalue weighted by Gasteiger charge is 2.14. The van der Waals surface area contributed by atoms with Crippen LogP contribution in [0.25, 0.3) is 0 Å². The number of amides is 2. The van der Waals surface area contributed by atoms with Crippen LogP contribution in [-0.4, -0.2) is 67.9 Å². The van der Waals surface area contributed by atoms with Crippen molar-refractivity contribution in [3.8, 4) is 0 Å². The number of carbonyl (C=O) groups excluding carboxylic acids is 2. The van der Waals surface area contributed by atoms with Gasteiger partial charge in [0.2, 0.25) is 11.8 Å². The summed E-state index contributed by atoms with van der Waals surface area (Å²) in [5.74, 6) is -0.0607. The molecule has 0 rings (SSSR count). The molecule has 0 heterocycles. The Hall–Kier alpha value is -1.14. The first-order chi connectivity index (χ1) is 8.04. The maximum Gasteiger partial charge on any atom is 0.236 e. The van der Waals surface area contributed by atoms with Crippen LogP contribution in [0.1, 0.15) is 13.8 Å². The zero-order chi connectivity index (χ0) is 13.3. The van der Waals surface area contributed by atoms with Gasteiger partial charge in [-0.05, 0) is 20.9 Å². The molecule has 0 aliphatic rings. The molecule has 0 atom stereocenters. The molecule has 0 saturated heterocycles. The molecule has 0 bridgehead atoms. The highest BCUT2D eigenvalue weighted by atomic mass is 16.2. The van der Waals surface area contributed by atoms with E-state index in [9.17, 15) is 9.59 Å². The van der Waals surface area contributed by atoms with Gasteiger partial charge in [0.15, 0.2) is 0 Å². The zero-order valence-corrected chi connectivity index (χ0v) is 11.0. The molecule has 6 nitrogen and oxygen atoms in total. The standard InChI is InChI=1S/C11H24N4O2/c1-4-15(5-2)11(17)9-14(3)8-10(16)13-7-6-12/h4-9,12H2,1-3H3,(H,13,16). The second-order valence-corrected chi connectivity index (χ2v) is 3.88. The Morgan fingerprint density at radius 1 is 1.18 bits per heavy atom. The summed E-state index contributed by atoms with van der Waals surface area (Å²) in [7, 11) is 1.75. The molecule has 6 heteroatoms. The second kappa shape index (κ2) is 8.95. The van der Waals surface area contributed by atoms with Crippen molar-refractivity contribution in [3.63, 3.8) is 0 Å². The van der Waals surface area contributed by atoms with E-state index >= 15 is 0 Å². The summed E-state index contributed by atoms with van der Waals surface area (Å²) in [5, 5.41) is 2.66. The van der Waals surface area contributed by atoms with E-state index in [2.05, 4.69) is 5.32 Å². The van der Waals surface area contributed by atoms with Gasteiger partial charge >= 0.3 is 0 Å². The molecule has 0 aromatic carbocycles. The van der Waals surface area contributed by atoms with Crippen LogP contribution in [0.3, 0.4) is 0 Å². The summed E-state index contributed by atoms with van der Waals surface area (Å²) < 4.78 is 0. The molecule has 0 aromatic heterocycles. The lowest BCUT2D eigenvalue weighted by Crippen LogP contribution is -2.43. The van der Waals surface area contributed by atoms with Crippen molar-refractivity contribution in [2.75, 3.05) is 46.3 Å². The third-order valence-electron chi connectivity index (χ3n) is 2.40. The predicted octanol–water partition coefficient (Wildman–Crippen LogP) is -1.14. The van der Waals surface area contributed by atoms with Gasteiger partial charge in [0, 0.05) is 26.2 Å². The molecule has 0 aliphatic heterocycles. The van der Waals surface area contributed by atoms with E-state index in [1.807, 2.05) is 13.8 Å². The van der Waals surface area contributed by atoms with E-state index in [4.69, 9.17) is 5.73 Å². The number of nitrogens with two attached hydrogens (primary N) is 1. The molecule has 100 valence electrons. The van der Waals surface area contributed by atoms with Gasteiger partial charge in [-0.2, -0.15) is 0 Å². The maximum absolute atomic E-state index is 11.7. The maximum atomic E-state index is 11.7. The van der Waals surface area contributed by atoms with Gasteiger partial charge in [-0.1, -0.05) is 0 Å². The lowest BCUT2D eigenvalue weighted by Gasteiger charge is -2.22. The fraction of sp³-hybridized carbons (Fsp3) is 0.818. The van der Waals surface area contributed by atoms with Crippen molar-refractivity contribution in [1.29, 1.82) is 0 Å². The first-order valence-corrected chi connectivity index (χ1v) is 5.98. The Morgan fingerprint density at radius 3 is 2.24 bits per heavy atom. The van der Waals surface area contributed by atoms with Crippen LogP contribution in [0.5, 0.6) is 0 Å². The molecule has 0 saturated carbocycles. The van der Waals surface area contributed by atoms with Crippen molar-refractivity contribution in [2.24, 2.45) is 5.73 Å². The third kappa shape index (κ3) is 6.91. The SMILES string of the molecule is CCN(CC)C(=O)CN(C)CC(=O)NCCN. The monoisotopic (exact) mass is 244 g/mol. The van der Waals surface area contributed by atoms with Crippen LogP contribution in [0, 0.1) is 0 Å². The molecule has 3 N–H and O–H groups in total. The molecule has 2 amide bonds. The van der Waals surface area contributed by atoms with Crippen molar-refractivity contribution in [1.82, 2.24) is 15.1 Å². The van der Waals surface area contributed by atoms with Crippen molar-refractivity contribution >= 4 is 11.8 Å². The summed E-state index contributed by atoms with van der Waals surface area (Å²) in [5.41, 5.74) is 5.28. The van der Waals surface area contributed by atoms with Crippen LogP contribution < -0.4 is 11.1 Å². The van der Waals surface area contributed by atoms with Gasteiger partial charge in [-0.15, -0.1) is 0 Å². The van der Waals surface area contributed by atoms with Crippen LogP contribution in [0.15, 0.2) is 0 Å². The molecule has 0 unspecified atom stereocenters. The van der Waals surface area contributed by atoms with Crippen LogP contribution in [0.4, 0.5) is 0 Å². The van der Waals surface area contributed by atoms with Crippen molar-refractivity contribution in [2.45, 2.75) is 13.8 Å². The number of nitrogens with one attached hydrogen (secondary N) is 1. The van der Waals surface area contributed by atoms with E-state index in [0.717, 1.165) is 0 Å². The minimum absolute atomic E-state index is 0.0455. The van der Waals surface area contributed by atoms with E-state index in [1.54, 1.807) is 16.8 Å². The third-order valence-corrected chi connectivity index (χ3v) is 2.40. The lowest BCUT2D eigenvalue weighted by molar-refractivity contribution is -0.132. The molecule has 17 heavy (non-hydrogen) atoms. The number of likely N-dealkylation sites (N-methyl/N-ethyl adjacent to an activating group) is 2. The first-order valence-electron chi connectivity index (χ1n) is 5.98. The Morgan fingerprint density at radius 2 is 1.76 bits per heavy atom. The summed E-state index contributed by atoms with van der Waals surface area (Å²) in [4.78, 5) is 26.6. The van der Waals surface area contributed by atoms with E-state index in [0.29, 0.717) is 26.2 Å². The van der Waals surface area contributed by atoms with Gasteiger partial charge in [0.05, 0.1) is 13.1 Å². The summed E-state index contributed by atoms with van der Waals surface area (Å²) in [6.07, 6.45) is 0. The highest BCUT2D eigenvalue weighted by molar-refractivity contribution is 5.81. The number of hydrogen-bond acceptors (Lipinski definition) is 4. The molecule has 0 aromatic rings. The molecular weight excluding hydrogens is 220 g/mol. The summed E-state index contributed by atoms with van der Waals surface area (Å²) >= 11 is 0. The highest BCUT2D eigenvalue weighted by Crippen LogP contribution is 1.92. The fourth-order valence-electron chi connectivity index (χ4n) is 1.48. The summed E-state index contributed by atoms with van der Waals surface area (Å²) in [6.45, 7) is 6.64. The smallest absolute Gasteiger partial charge is 0.236 e. The van der Waals surface area contributed by atoms with E-state index < -0.39 is 0 Å². The molecule has 0 radical (unpaired) electrons. The van der Waals surface area contributed by atoms with Crippen molar-refractivity contribution in [3.05, 3.63) is 0 Å². The Labute approximate surface area is 103 Å². The predicted molar refractivity (Wildman–Crippen MR) is 67.5 cm³/mol. The molecule has 0 fully saturated rings. The van der Waals surface area contributed by atoms with E-state index in [1.165, 1.54) is 0 Å². The van der Waals surface area contributed by atoms with Gasteiger partial charge in [-0.25, -0.2) is 0 Å².